The SMILES string of the molecule is CC(=O)Nc1cccc(C(=O)N2CCN(c3cccc(C(F)(F)F)c3)CC2)c1. The van der Waals surface area contributed by atoms with Crippen LogP contribution in [0.3, 0.4) is 0 Å². The molecule has 148 valence electrons. The van der Waals surface area contributed by atoms with E-state index in [2.05, 4.69) is 5.32 Å². The molecule has 1 fully saturated rings. The average Bonchev–Trinajstić information content (AvgIpc) is 2.67. The van der Waals surface area contributed by atoms with Crippen LogP contribution in [0.15, 0.2) is 48.5 Å². The number of halogens is 3. The molecule has 2 amide bonds. The van der Waals surface area contributed by atoms with E-state index in [9.17, 15) is 22.8 Å². The van der Waals surface area contributed by atoms with Crippen molar-refractivity contribution in [1.82, 2.24) is 4.90 Å². The lowest BCUT2D eigenvalue weighted by atomic mass is 10.1. The van der Waals surface area contributed by atoms with Gasteiger partial charge in [0, 0.05) is 50.0 Å². The van der Waals surface area contributed by atoms with Gasteiger partial charge in [0.05, 0.1) is 5.56 Å². The second kappa shape index (κ2) is 7.92. The lowest BCUT2D eigenvalue weighted by Gasteiger charge is -2.36. The summed E-state index contributed by atoms with van der Waals surface area (Å²) in [6.07, 6.45) is -4.38. The van der Waals surface area contributed by atoms with E-state index < -0.39 is 11.7 Å². The van der Waals surface area contributed by atoms with E-state index in [4.69, 9.17) is 0 Å². The molecule has 28 heavy (non-hydrogen) atoms. The summed E-state index contributed by atoms with van der Waals surface area (Å²) in [6.45, 7) is 3.08. The van der Waals surface area contributed by atoms with Gasteiger partial charge in [-0.05, 0) is 36.4 Å². The predicted molar refractivity (Wildman–Crippen MR) is 100 cm³/mol. The van der Waals surface area contributed by atoms with E-state index in [-0.39, 0.29) is 11.8 Å². The minimum Gasteiger partial charge on any atom is -0.368 e. The Hall–Kier alpha value is -3.03. The number of hydrogen-bond acceptors (Lipinski definition) is 3. The fraction of sp³-hybridized carbons (Fsp3) is 0.300. The second-order valence-corrected chi connectivity index (χ2v) is 6.59. The molecule has 3 rings (SSSR count). The molecule has 0 aliphatic carbocycles. The number of carbonyl (C=O) groups is 2. The van der Waals surface area contributed by atoms with Crippen LogP contribution < -0.4 is 10.2 Å². The van der Waals surface area contributed by atoms with Crippen molar-refractivity contribution < 1.29 is 22.8 Å². The van der Waals surface area contributed by atoms with Crippen LogP contribution in [0, 0.1) is 0 Å². The highest BCUT2D eigenvalue weighted by molar-refractivity contribution is 5.97. The number of hydrogen-bond donors (Lipinski definition) is 1. The number of anilines is 2. The van der Waals surface area contributed by atoms with Gasteiger partial charge in [-0.1, -0.05) is 12.1 Å². The number of alkyl halides is 3. The first-order chi connectivity index (χ1) is 13.2. The van der Waals surface area contributed by atoms with Gasteiger partial charge < -0.3 is 15.1 Å². The van der Waals surface area contributed by atoms with E-state index in [1.165, 1.54) is 13.0 Å². The third-order valence-corrected chi connectivity index (χ3v) is 4.54. The zero-order valence-electron chi connectivity index (χ0n) is 15.3. The quantitative estimate of drug-likeness (QED) is 0.870. The summed E-state index contributed by atoms with van der Waals surface area (Å²) < 4.78 is 38.7. The minimum atomic E-state index is -4.38. The number of rotatable bonds is 3. The first-order valence-corrected chi connectivity index (χ1v) is 8.83. The number of benzene rings is 2. The molecular formula is C20H20F3N3O2. The predicted octanol–water partition coefficient (Wildman–Crippen LogP) is 3.63. The lowest BCUT2D eigenvalue weighted by molar-refractivity contribution is -0.137. The van der Waals surface area contributed by atoms with Gasteiger partial charge in [-0.2, -0.15) is 13.2 Å². The van der Waals surface area contributed by atoms with Crippen LogP contribution in [0.5, 0.6) is 0 Å². The molecule has 1 aliphatic heterocycles. The number of nitrogens with one attached hydrogen (secondary N) is 1. The van der Waals surface area contributed by atoms with Gasteiger partial charge >= 0.3 is 6.18 Å². The molecule has 1 aliphatic rings. The highest BCUT2D eigenvalue weighted by Gasteiger charge is 2.31. The first kappa shape index (κ1) is 19.7. The van der Waals surface area contributed by atoms with Gasteiger partial charge in [-0.3, -0.25) is 9.59 Å². The van der Waals surface area contributed by atoms with E-state index in [1.807, 2.05) is 4.90 Å². The number of piperazine rings is 1. The third kappa shape index (κ3) is 4.62. The summed E-state index contributed by atoms with van der Waals surface area (Å²) >= 11 is 0. The standard InChI is InChI=1S/C20H20F3N3O2/c1-14(27)24-17-6-2-4-15(12-17)19(28)26-10-8-25(9-11-26)18-7-3-5-16(13-18)20(21,22)23/h2-7,12-13H,8-11H2,1H3,(H,24,27). The van der Waals surface area contributed by atoms with Crippen molar-refractivity contribution in [3.8, 4) is 0 Å². The number of carbonyl (C=O) groups excluding carboxylic acids is 2. The van der Waals surface area contributed by atoms with Crippen LogP contribution in [0.2, 0.25) is 0 Å². The highest BCUT2D eigenvalue weighted by atomic mass is 19.4. The van der Waals surface area contributed by atoms with Crippen molar-refractivity contribution in [2.75, 3.05) is 36.4 Å². The van der Waals surface area contributed by atoms with E-state index in [0.717, 1.165) is 12.1 Å². The molecule has 0 radical (unpaired) electrons. The first-order valence-electron chi connectivity index (χ1n) is 8.83. The molecule has 1 N–H and O–H groups in total. The summed E-state index contributed by atoms with van der Waals surface area (Å²) in [5.74, 6) is -0.393. The zero-order chi connectivity index (χ0) is 20.3. The van der Waals surface area contributed by atoms with Gasteiger partial charge in [-0.25, -0.2) is 0 Å². The summed E-state index contributed by atoms with van der Waals surface area (Å²) in [6, 6.07) is 11.9. The van der Waals surface area contributed by atoms with Crippen LogP contribution >= 0.6 is 0 Å². The molecule has 0 bridgehead atoms. The molecule has 0 saturated carbocycles. The Kier molecular flexibility index (Phi) is 5.58. The molecule has 0 spiro atoms. The van der Waals surface area contributed by atoms with Crippen LogP contribution in [0.25, 0.3) is 0 Å². The van der Waals surface area contributed by atoms with Crippen LogP contribution in [-0.2, 0) is 11.0 Å². The zero-order valence-corrected chi connectivity index (χ0v) is 15.3. The molecule has 8 heteroatoms. The monoisotopic (exact) mass is 391 g/mol. The maximum Gasteiger partial charge on any atom is 0.416 e. The van der Waals surface area contributed by atoms with Gasteiger partial charge in [-0.15, -0.1) is 0 Å². The van der Waals surface area contributed by atoms with Crippen molar-refractivity contribution in [1.29, 1.82) is 0 Å². The molecule has 0 aromatic heterocycles. The molecule has 2 aromatic rings. The maximum atomic E-state index is 12.9. The Morgan fingerprint density at radius 2 is 1.64 bits per heavy atom. The Labute approximate surface area is 160 Å². The highest BCUT2D eigenvalue weighted by Crippen LogP contribution is 2.32. The fourth-order valence-electron chi connectivity index (χ4n) is 3.16. The van der Waals surface area contributed by atoms with Crippen molar-refractivity contribution in [2.24, 2.45) is 0 Å². The van der Waals surface area contributed by atoms with Crippen LogP contribution in [-0.4, -0.2) is 42.9 Å². The second-order valence-electron chi connectivity index (χ2n) is 6.59. The van der Waals surface area contributed by atoms with Gasteiger partial charge in [0.25, 0.3) is 5.91 Å². The largest absolute Gasteiger partial charge is 0.416 e. The lowest BCUT2D eigenvalue weighted by Crippen LogP contribution is -2.48. The molecule has 2 aromatic carbocycles. The number of nitrogens with zero attached hydrogens (tertiary/aromatic N) is 2. The Balaban J connectivity index is 1.65. The topological polar surface area (TPSA) is 52.7 Å². The minimum absolute atomic E-state index is 0.170. The molecule has 1 saturated heterocycles. The van der Waals surface area contributed by atoms with Gasteiger partial charge in [0.2, 0.25) is 5.91 Å². The smallest absolute Gasteiger partial charge is 0.368 e. The van der Waals surface area contributed by atoms with Crippen molar-refractivity contribution in [3.63, 3.8) is 0 Å². The summed E-state index contributed by atoms with van der Waals surface area (Å²) in [7, 11) is 0. The molecule has 0 atom stereocenters. The Morgan fingerprint density at radius 3 is 2.29 bits per heavy atom. The van der Waals surface area contributed by atoms with Crippen LogP contribution in [0.4, 0.5) is 24.5 Å². The van der Waals surface area contributed by atoms with E-state index in [1.54, 1.807) is 35.2 Å². The third-order valence-electron chi connectivity index (χ3n) is 4.54. The Morgan fingerprint density at radius 1 is 0.964 bits per heavy atom. The van der Waals surface area contributed by atoms with Crippen molar-refractivity contribution >= 4 is 23.2 Å². The summed E-state index contributed by atoms with van der Waals surface area (Å²) in [5, 5.41) is 2.64. The van der Waals surface area contributed by atoms with Gasteiger partial charge in [0.1, 0.15) is 0 Å². The van der Waals surface area contributed by atoms with E-state index in [0.29, 0.717) is 43.1 Å². The van der Waals surface area contributed by atoms with E-state index >= 15 is 0 Å². The number of amides is 2. The van der Waals surface area contributed by atoms with Gasteiger partial charge in [0.15, 0.2) is 0 Å². The van der Waals surface area contributed by atoms with Crippen molar-refractivity contribution in [3.05, 3.63) is 59.7 Å². The summed E-state index contributed by atoms with van der Waals surface area (Å²) in [5.41, 5.74) is 0.813. The maximum absolute atomic E-state index is 12.9. The Bertz CT molecular complexity index is 875. The summed E-state index contributed by atoms with van der Waals surface area (Å²) in [4.78, 5) is 27.4. The molecular weight excluding hydrogens is 371 g/mol. The average molecular weight is 391 g/mol. The molecule has 5 nitrogen and oxygen atoms in total. The van der Waals surface area contributed by atoms with Crippen molar-refractivity contribution in [2.45, 2.75) is 13.1 Å². The fourth-order valence-corrected chi connectivity index (χ4v) is 3.16. The molecule has 1 heterocycles. The molecule has 0 unspecified atom stereocenters. The normalized spacial score (nSPS) is 14.7. The van der Waals surface area contributed by atoms with Crippen LogP contribution in [0.1, 0.15) is 22.8 Å².